The summed E-state index contributed by atoms with van der Waals surface area (Å²) in [6, 6.07) is 5.76. The Bertz CT molecular complexity index is 439. The van der Waals surface area contributed by atoms with Crippen LogP contribution in [-0.2, 0) is 5.88 Å². The van der Waals surface area contributed by atoms with Crippen LogP contribution < -0.4 is 4.74 Å². The molecule has 0 saturated carbocycles. The van der Waals surface area contributed by atoms with E-state index < -0.39 is 0 Å². The summed E-state index contributed by atoms with van der Waals surface area (Å²) in [5.41, 5.74) is 1.88. The third kappa shape index (κ3) is 1.68. The molecule has 4 heteroatoms. The third-order valence-electron chi connectivity index (χ3n) is 1.94. The number of benzene rings is 1. The summed E-state index contributed by atoms with van der Waals surface area (Å²) in [4.78, 5) is 7.41. The lowest BCUT2D eigenvalue weighted by Gasteiger charge is -2.00. The summed E-state index contributed by atoms with van der Waals surface area (Å²) >= 11 is 5.67. The summed E-state index contributed by atoms with van der Waals surface area (Å²) in [6.45, 7) is 2.63. The number of imidazole rings is 1. The SMILES string of the molecule is CCOc1ccc2nc(CCl)[nH]c2c1. The van der Waals surface area contributed by atoms with Crippen LogP contribution in [0.5, 0.6) is 5.75 Å². The van der Waals surface area contributed by atoms with E-state index in [1.165, 1.54) is 0 Å². The van der Waals surface area contributed by atoms with Crippen molar-refractivity contribution in [3.63, 3.8) is 0 Å². The van der Waals surface area contributed by atoms with Crippen molar-refractivity contribution >= 4 is 22.6 Å². The molecule has 2 rings (SSSR count). The summed E-state index contributed by atoms with van der Waals surface area (Å²) in [7, 11) is 0. The van der Waals surface area contributed by atoms with E-state index in [9.17, 15) is 0 Å². The number of hydrogen-bond acceptors (Lipinski definition) is 2. The molecule has 0 saturated heterocycles. The molecule has 1 N–H and O–H groups in total. The molecule has 0 spiro atoms. The molecule has 0 aliphatic carbocycles. The fraction of sp³-hybridized carbons (Fsp3) is 0.300. The Morgan fingerprint density at radius 3 is 3.07 bits per heavy atom. The van der Waals surface area contributed by atoms with Gasteiger partial charge in [-0.1, -0.05) is 0 Å². The summed E-state index contributed by atoms with van der Waals surface area (Å²) in [6.07, 6.45) is 0. The second kappa shape index (κ2) is 3.88. The zero-order chi connectivity index (χ0) is 9.97. The smallest absolute Gasteiger partial charge is 0.122 e. The van der Waals surface area contributed by atoms with E-state index in [4.69, 9.17) is 16.3 Å². The second-order valence-corrected chi connectivity index (χ2v) is 3.20. The number of ether oxygens (including phenoxy) is 1. The Labute approximate surface area is 87.1 Å². The number of nitrogens with zero attached hydrogens (tertiary/aromatic N) is 1. The molecule has 0 radical (unpaired) electrons. The predicted molar refractivity (Wildman–Crippen MR) is 56.8 cm³/mol. The molecule has 3 nitrogen and oxygen atoms in total. The van der Waals surface area contributed by atoms with Gasteiger partial charge in [0.1, 0.15) is 11.6 Å². The number of fused-ring (bicyclic) bond motifs is 1. The number of aromatic nitrogens is 2. The van der Waals surface area contributed by atoms with E-state index in [1.807, 2.05) is 25.1 Å². The van der Waals surface area contributed by atoms with Gasteiger partial charge in [-0.3, -0.25) is 0 Å². The molecule has 14 heavy (non-hydrogen) atoms. The highest BCUT2D eigenvalue weighted by atomic mass is 35.5. The highest BCUT2D eigenvalue weighted by Gasteiger charge is 2.02. The Hall–Kier alpha value is -1.22. The quantitative estimate of drug-likeness (QED) is 0.791. The van der Waals surface area contributed by atoms with Crippen LogP contribution in [0.1, 0.15) is 12.7 Å². The van der Waals surface area contributed by atoms with E-state index in [0.717, 1.165) is 22.6 Å². The first kappa shape index (κ1) is 9.34. The molecular formula is C10H11ClN2O. The Morgan fingerprint density at radius 2 is 2.36 bits per heavy atom. The third-order valence-corrected chi connectivity index (χ3v) is 2.19. The first-order valence-electron chi connectivity index (χ1n) is 4.51. The highest BCUT2D eigenvalue weighted by molar-refractivity contribution is 6.16. The number of alkyl halides is 1. The fourth-order valence-corrected chi connectivity index (χ4v) is 1.49. The van der Waals surface area contributed by atoms with Crippen molar-refractivity contribution in [2.75, 3.05) is 6.61 Å². The van der Waals surface area contributed by atoms with Crippen LogP contribution in [-0.4, -0.2) is 16.6 Å². The van der Waals surface area contributed by atoms with Crippen LogP contribution in [0.2, 0.25) is 0 Å². The maximum absolute atomic E-state index is 5.67. The van der Waals surface area contributed by atoms with Crippen LogP contribution in [0.4, 0.5) is 0 Å². The monoisotopic (exact) mass is 210 g/mol. The van der Waals surface area contributed by atoms with Gasteiger partial charge in [-0.05, 0) is 19.1 Å². The zero-order valence-corrected chi connectivity index (χ0v) is 8.64. The summed E-state index contributed by atoms with van der Waals surface area (Å²) < 4.78 is 5.38. The number of nitrogens with one attached hydrogen (secondary N) is 1. The standard InChI is InChI=1S/C10H11ClN2O/c1-2-14-7-3-4-8-9(5-7)13-10(6-11)12-8/h3-5H,2,6H2,1H3,(H,12,13). The average molecular weight is 211 g/mol. The molecule has 0 fully saturated rings. The van der Waals surface area contributed by atoms with Gasteiger partial charge in [-0.25, -0.2) is 4.98 Å². The highest BCUT2D eigenvalue weighted by Crippen LogP contribution is 2.19. The lowest BCUT2D eigenvalue weighted by atomic mass is 10.3. The van der Waals surface area contributed by atoms with Gasteiger partial charge in [0.2, 0.25) is 0 Å². The molecular weight excluding hydrogens is 200 g/mol. The maximum atomic E-state index is 5.67. The van der Waals surface area contributed by atoms with Crippen molar-refractivity contribution < 1.29 is 4.74 Å². The van der Waals surface area contributed by atoms with Gasteiger partial charge in [0, 0.05) is 6.07 Å². The lowest BCUT2D eigenvalue weighted by molar-refractivity contribution is 0.340. The Balaban J connectivity index is 2.43. The molecule has 0 aliphatic heterocycles. The first-order valence-corrected chi connectivity index (χ1v) is 5.04. The molecule has 1 aromatic heterocycles. The fourth-order valence-electron chi connectivity index (χ4n) is 1.36. The lowest BCUT2D eigenvalue weighted by Crippen LogP contribution is -1.90. The van der Waals surface area contributed by atoms with Crippen LogP contribution >= 0.6 is 11.6 Å². The first-order chi connectivity index (χ1) is 6.83. The van der Waals surface area contributed by atoms with Gasteiger partial charge >= 0.3 is 0 Å². The number of rotatable bonds is 3. The number of halogens is 1. The summed E-state index contributed by atoms with van der Waals surface area (Å²) in [5.74, 6) is 2.04. The van der Waals surface area contributed by atoms with Crippen LogP contribution in [0.3, 0.4) is 0 Å². The number of aromatic amines is 1. The van der Waals surface area contributed by atoms with Crippen LogP contribution in [0, 0.1) is 0 Å². The van der Waals surface area contributed by atoms with Gasteiger partial charge in [-0.15, -0.1) is 11.6 Å². The van der Waals surface area contributed by atoms with Crippen molar-refractivity contribution in [1.29, 1.82) is 0 Å². The van der Waals surface area contributed by atoms with E-state index in [1.54, 1.807) is 0 Å². The molecule has 2 aromatic rings. The van der Waals surface area contributed by atoms with Crippen LogP contribution in [0.25, 0.3) is 11.0 Å². The largest absolute Gasteiger partial charge is 0.494 e. The van der Waals surface area contributed by atoms with Gasteiger partial charge in [0.25, 0.3) is 0 Å². The zero-order valence-electron chi connectivity index (χ0n) is 7.88. The van der Waals surface area contributed by atoms with E-state index in [2.05, 4.69) is 9.97 Å². The van der Waals surface area contributed by atoms with Gasteiger partial charge < -0.3 is 9.72 Å². The minimum atomic E-state index is 0.401. The van der Waals surface area contributed by atoms with Gasteiger partial charge in [-0.2, -0.15) is 0 Å². The molecule has 0 atom stereocenters. The molecule has 1 heterocycles. The summed E-state index contributed by atoms with van der Waals surface area (Å²) in [5, 5.41) is 0. The normalized spacial score (nSPS) is 10.7. The predicted octanol–water partition coefficient (Wildman–Crippen LogP) is 2.70. The van der Waals surface area contributed by atoms with Crippen molar-refractivity contribution in [2.24, 2.45) is 0 Å². The van der Waals surface area contributed by atoms with Crippen molar-refractivity contribution in [1.82, 2.24) is 9.97 Å². The molecule has 1 aromatic carbocycles. The molecule has 0 aliphatic rings. The number of H-pyrrole nitrogens is 1. The second-order valence-electron chi connectivity index (χ2n) is 2.93. The van der Waals surface area contributed by atoms with Crippen LogP contribution in [0.15, 0.2) is 18.2 Å². The van der Waals surface area contributed by atoms with E-state index >= 15 is 0 Å². The molecule has 0 bridgehead atoms. The van der Waals surface area contributed by atoms with E-state index in [0.29, 0.717) is 12.5 Å². The van der Waals surface area contributed by atoms with Crippen molar-refractivity contribution in [3.05, 3.63) is 24.0 Å². The van der Waals surface area contributed by atoms with Crippen molar-refractivity contribution in [3.8, 4) is 5.75 Å². The maximum Gasteiger partial charge on any atom is 0.122 e. The minimum Gasteiger partial charge on any atom is -0.494 e. The molecule has 0 unspecified atom stereocenters. The van der Waals surface area contributed by atoms with Crippen molar-refractivity contribution in [2.45, 2.75) is 12.8 Å². The molecule has 74 valence electrons. The van der Waals surface area contributed by atoms with Gasteiger partial charge in [0.05, 0.1) is 23.5 Å². The average Bonchev–Trinajstić information content (AvgIpc) is 2.60. The van der Waals surface area contributed by atoms with E-state index in [-0.39, 0.29) is 0 Å². The van der Waals surface area contributed by atoms with Gasteiger partial charge in [0.15, 0.2) is 0 Å². The minimum absolute atomic E-state index is 0.401. The number of hydrogen-bond donors (Lipinski definition) is 1. The topological polar surface area (TPSA) is 37.9 Å². The Kier molecular flexibility index (Phi) is 2.59. The molecule has 0 amide bonds. The Morgan fingerprint density at radius 1 is 1.50 bits per heavy atom.